The van der Waals surface area contributed by atoms with Gasteiger partial charge in [0.1, 0.15) is 13.2 Å². The van der Waals surface area contributed by atoms with Crippen LogP contribution in [0.5, 0.6) is 0 Å². The summed E-state index contributed by atoms with van der Waals surface area (Å²) in [5.41, 5.74) is 0. The summed E-state index contributed by atoms with van der Waals surface area (Å²) in [6, 6.07) is 0. The van der Waals surface area contributed by atoms with Crippen LogP contribution in [-0.2, 0) is 28.6 Å². The Kier molecular flexibility index (Phi) is 60.8. The Balaban J connectivity index is 4.41. The standard InChI is InChI=1S/C71H118O6/c1-4-7-10-13-16-19-22-25-28-30-32-33-34-35-36-37-38-39-40-42-43-46-49-52-55-58-61-64-70(73)76-67-68(66-75-69(72)63-60-57-54-51-48-45-27-24-21-18-15-12-9-6-3)77-71(74)65-62-59-56-53-50-47-44-41-31-29-26-23-20-17-14-11-8-5-2/h7,10,15-16,18-19,24-25,27-29,31-33,35-36,38-39,42-43,68H,4-6,8-9,11-14,17,20-23,26,30,34,37,40-41,44-67H2,1-3H3/b10-7-,18-15-,19-16-,27-24-,28-25-,31-29-,33-32-,36-35-,39-38-,43-42-. The first-order valence-corrected chi connectivity index (χ1v) is 32.0. The fourth-order valence-corrected chi connectivity index (χ4v) is 8.61. The maximum absolute atomic E-state index is 12.9. The molecule has 0 rings (SSSR count). The minimum atomic E-state index is -0.799. The van der Waals surface area contributed by atoms with E-state index in [1.807, 2.05) is 0 Å². The molecular weight excluding hydrogens is 949 g/mol. The quantitative estimate of drug-likeness (QED) is 0.0261. The minimum Gasteiger partial charge on any atom is -0.462 e. The smallest absolute Gasteiger partial charge is 0.306 e. The van der Waals surface area contributed by atoms with Gasteiger partial charge in [-0.1, -0.05) is 264 Å². The molecule has 0 aliphatic rings. The Labute approximate surface area is 475 Å². The third-order valence-electron chi connectivity index (χ3n) is 13.4. The largest absolute Gasteiger partial charge is 0.462 e. The number of esters is 3. The number of allylic oxidation sites excluding steroid dienone is 20. The maximum Gasteiger partial charge on any atom is 0.306 e. The van der Waals surface area contributed by atoms with Crippen LogP contribution >= 0.6 is 0 Å². The van der Waals surface area contributed by atoms with Crippen LogP contribution < -0.4 is 0 Å². The predicted molar refractivity (Wildman–Crippen MR) is 334 cm³/mol. The molecule has 0 radical (unpaired) electrons. The van der Waals surface area contributed by atoms with Crippen molar-refractivity contribution >= 4 is 17.9 Å². The van der Waals surface area contributed by atoms with Crippen molar-refractivity contribution in [2.75, 3.05) is 13.2 Å². The van der Waals surface area contributed by atoms with E-state index in [1.165, 1.54) is 103 Å². The maximum atomic E-state index is 12.9. The van der Waals surface area contributed by atoms with Crippen molar-refractivity contribution in [3.8, 4) is 0 Å². The molecule has 77 heavy (non-hydrogen) atoms. The summed E-state index contributed by atoms with van der Waals surface area (Å²) in [5.74, 6) is -0.927. The molecule has 6 heteroatoms. The summed E-state index contributed by atoms with van der Waals surface area (Å²) in [4.78, 5) is 38.3. The van der Waals surface area contributed by atoms with E-state index >= 15 is 0 Å². The van der Waals surface area contributed by atoms with Gasteiger partial charge in [-0.25, -0.2) is 0 Å². The van der Waals surface area contributed by atoms with Crippen molar-refractivity contribution in [3.63, 3.8) is 0 Å². The number of hydrogen-bond donors (Lipinski definition) is 0. The van der Waals surface area contributed by atoms with Crippen molar-refractivity contribution < 1.29 is 28.6 Å². The lowest BCUT2D eigenvalue weighted by Crippen LogP contribution is -2.30. The SMILES string of the molecule is CC/C=C\C/C=C\C/C=C\C/C=C\C/C=C\C/C=C\C/C=C\CCCCCCCC(=O)OCC(COC(=O)CCCCCCC/C=C\C/C=C\CCCC)OC(=O)CCCCCCCCC/C=C\CCCCCCCCC. The Hall–Kier alpha value is -4.19. The average Bonchev–Trinajstić information content (AvgIpc) is 3.43. The fourth-order valence-electron chi connectivity index (χ4n) is 8.61. The van der Waals surface area contributed by atoms with Crippen molar-refractivity contribution in [1.29, 1.82) is 0 Å². The van der Waals surface area contributed by atoms with Gasteiger partial charge in [-0.05, 0) is 128 Å². The molecule has 0 aromatic carbocycles. The second-order valence-corrected chi connectivity index (χ2v) is 20.9. The molecule has 0 aliphatic carbocycles. The van der Waals surface area contributed by atoms with Crippen LogP contribution in [0.4, 0.5) is 0 Å². The van der Waals surface area contributed by atoms with Gasteiger partial charge in [-0.2, -0.15) is 0 Å². The fraction of sp³-hybridized carbons (Fsp3) is 0.676. The average molecular weight is 1070 g/mol. The molecule has 0 aromatic heterocycles. The zero-order valence-corrected chi connectivity index (χ0v) is 50.2. The summed E-state index contributed by atoms with van der Waals surface area (Å²) in [5, 5.41) is 0. The van der Waals surface area contributed by atoms with Crippen molar-refractivity contribution in [1.82, 2.24) is 0 Å². The Morgan fingerprint density at radius 2 is 0.519 bits per heavy atom. The number of hydrogen-bond acceptors (Lipinski definition) is 6. The number of unbranched alkanes of at least 4 members (excludes halogenated alkanes) is 26. The molecule has 0 heterocycles. The van der Waals surface area contributed by atoms with Gasteiger partial charge in [-0.15, -0.1) is 0 Å². The van der Waals surface area contributed by atoms with Crippen LogP contribution in [-0.4, -0.2) is 37.2 Å². The molecule has 0 amide bonds. The van der Waals surface area contributed by atoms with Crippen LogP contribution in [0.15, 0.2) is 122 Å². The van der Waals surface area contributed by atoms with Gasteiger partial charge in [0.25, 0.3) is 0 Å². The van der Waals surface area contributed by atoms with Gasteiger partial charge in [0.2, 0.25) is 0 Å². The summed E-state index contributed by atoms with van der Waals surface area (Å²) in [7, 11) is 0. The topological polar surface area (TPSA) is 78.9 Å². The van der Waals surface area contributed by atoms with Gasteiger partial charge in [0, 0.05) is 19.3 Å². The molecule has 6 nitrogen and oxygen atoms in total. The van der Waals surface area contributed by atoms with Crippen LogP contribution in [0.1, 0.15) is 290 Å². The molecular formula is C71H118O6. The number of carbonyl (C=O) groups excluding carboxylic acids is 3. The van der Waals surface area contributed by atoms with E-state index in [0.717, 1.165) is 148 Å². The monoisotopic (exact) mass is 1070 g/mol. The highest BCUT2D eigenvalue weighted by atomic mass is 16.6. The van der Waals surface area contributed by atoms with E-state index in [4.69, 9.17) is 14.2 Å². The molecule has 0 aliphatic heterocycles. The third-order valence-corrected chi connectivity index (χ3v) is 13.4. The zero-order chi connectivity index (χ0) is 55.7. The van der Waals surface area contributed by atoms with Crippen molar-refractivity contribution in [2.45, 2.75) is 297 Å². The third kappa shape index (κ3) is 62.5. The van der Waals surface area contributed by atoms with E-state index < -0.39 is 6.10 Å². The van der Waals surface area contributed by atoms with Crippen LogP contribution in [0.2, 0.25) is 0 Å². The molecule has 1 atom stereocenters. The van der Waals surface area contributed by atoms with Gasteiger partial charge >= 0.3 is 17.9 Å². The second kappa shape index (κ2) is 64.3. The van der Waals surface area contributed by atoms with Crippen molar-refractivity contribution in [3.05, 3.63) is 122 Å². The van der Waals surface area contributed by atoms with Crippen molar-refractivity contribution in [2.24, 2.45) is 0 Å². The Morgan fingerprint density at radius 3 is 0.844 bits per heavy atom. The first-order chi connectivity index (χ1) is 38.0. The molecule has 0 saturated heterocycles. The molecule has 0 spiro atoms. The van der Waals surface area contributed by atoms with Crippen LogP contribution in [0, 0.1) is 0 Å². The second-order valence-electron chi connectivity index (χ2n) is 20.9. The summed E-state index contributed by atoms with van der Waals surface area (Å²) in [6.45, 7) is 6.46. The Bertz CT molecular complexity index is 1600. The molecule has 0 N–H and O–H groups in total. The Morgan fingerprint density at radius 1 is 0.273 bits per heavy atom. The first kappa shape index (κ1) is 72.8. The van der Waals surface area contributed by atoms with Crippen LogP contribution in [0.25, 0.3) is 0 Å². The van der Waals surface area contributed by atoms with E-state index in [-0.39, 0.29) is 31.1 Å². The van der Waals surface area contributed by atoms with Crippen LogP contribution in [0.3, 0.4) is 0 Å². The van der Waals surface area contributed by atoms with Gasteiger partial charge < -0.3 is 14.2 Å². The molecule has 0 bridgehead atoms. The molecule has 0 saturated carbocycles. The van der Waals surface area contributed by atoms with E-state index in [0.29, 0.717) is 19.3 Å². The number of ether oxygens (including phenoxy) is 3. The van der Waals surface area contributed by atoms with Gasteiger partial charge in [-0.3, -0.25) is 14.4 Å². The van der Waals surface area contributed by atoms with Gasteiger partial charge in [0.05, 0.1) is 0 Å². The lowest BCUT2D eigenvalue weighted by Gasteiger charge is -2.18. The molecule has 1 unspecified atom stereocenters. The molecule has 0 fully saturated rings. The summed E-state index contributed by atoms with van der Waals surface area (Å²) in [6.07, 6.45) is 89.1. The lowest BCUT2D eigenvalue weighted by molar-refractivity contribution is -0.167. The number of rotatable bonds is 57. The first-order valence-electron chi connectivity index (χ1n) is 32.0. The van der Waals surface area contributed by atoms with Gasteiger partial charge in [0.15, 0.2) is 6.10 Å². The number of carbonyl (C=O) groups is 3. The van der Waals surface area contributed by atoms with E-state index in [2.05, 4.69) is 142 Å². The normalized spacial score (nSPS) is 12.9. The minimum absolute atomic E-state index is 0.0951. The highest BCUT2D eigenvalue weighted by Gasteiger charge is 2.19. The highest BCUT2D eigenvalue weighted by Crippen LogP contribution is 2.15. The summed E-state index contributed by atoms with van der Waals surface area (Å²) >= 11 is 0. The molecule has 438 valence electrons. The van der Waals surface area contributed by atoms with E-state index in [1.54, 1.807) is 0 Å². The lowest BCUT2D eigenvalue weighted by atomic mass is 10.1. The predicted octanol–water partition coefficient (Wildman–Crippen LogP) is 22.0. The summed E-state index contributed by atoms with van der Waals surface area (Å²) < 4.78 is 16.9. The van der Waals surface area contributed by atoms with E-state index in [9.17, 15) is 14.4 Å². The zero-order valence-electron chi connectivity index (χ0n) is 50.2. The highest BCUT2D eigenvalue weighted by molar-refractivity contribution is 5.71. The molecule has 0 aromatic rings.